The summed E-state index contributed by atoms with van der Waals surface area (Å²) in [5.41, 5.74) is 7.96. The molecule has 0 saturated carbocycles. The molecular formula is C14H19N5O. The van der Waals surface area contributed by atoms with Gasteiger partial charge in [0.2, 0.25) is 0 Å². The number of carbonyl (C=O) groups excluding carboxylic acids is 1. The van der Waals surface area contributed by atoms with E-state index in [1.807, 2.05) is 38.1 Å². The first-order valence-electron chi connectivity index (χ1n) is 6.58. The van der Waals surface area contributed by atoms with Crippen LogP contribution >= 0.6 is 0 Å². The molecule has 0 spiro atoms. The molecule has 106 valence electrons. The number of nitrogens with zero attached hydrogens (tertiary/aromatic N) is 3. The van der Waals surface area contributed by atoms with Gasteiger partial charge >= 0.3 is 0 Å². The van der Waals surface area contributed by atoms with Crippen LogP contribution in [0.25, 0.3) is 0 Å². The highest BCUT2D eigenvalue weighted by molar-refractivity contribution is 5.91. The summed E-state index contributed by atoms with van der Waals surface area (Å²) in [6.07, 6.45) is 1.65. The quantitative estimate of drug-likeness (QED) is 0.858. The summed E-state index contributed by atoms with van der Waals surface area (Å²) in [7, 11) is 0. The molecule has 0 radical (unpaired) electrons. The van der Waals surface area contributed by atoms with Crippen molar-refractivity contribution in [3.05, 3.63) is 47.3 Å². The molecule has 0 atom stereocenters. The minimum Gasteiger partial charge on any atom is -0.347 e. The third kappa shape index (κ3) is 3.42. The maximum atomic E-state index is 11.9. The zero-order valence-corrected chi connectivity index (χ0v) is 11.7. The molecule has 1 amide bonds. The molecule has 1 aromatic carbocycles. The molecule has 6 nitrogen and oxygen atoms in total. The van der Waals surface area contributed by atoms with Crippen LogP contribution < -0.4 is 11.1 Å². The van der Waals surface area contributed by atoms with Crippen LogP contribution in [0.15, 0.2) is 30.5 Å². The number of nitrogens with one attached hydrogen (secondary N) is 1. The van der Waals surface area contributed by atoms with E-state index in [1.54, 1.807) is 10.9 Å². The fourth-order valence-electron chi connectivity index (χ4n) is 1.70. The Hall–Kier alpha value is -2.21. The van der Waals surface area contributed by atoms with Crippen molar-refractivity contribution in [3.63, 3.8) is 0 Å². The van der Waals surface area contributed by atoms with E-state index in [0.29, 0.717) is 18.8 Å². The number of aromatic nitrogens is 3. The second kappa shape index (κ2) is 6.29. The van der Waals surface area contributed by atoms with Gasteiger partial charge in [-0.3, -0.25) is 4.79 Å². The Labute approximate surface area is 118 Å². The Kier molecular flexibility index (Phi) is 4.47. The lowest BCUT2D eigenvalue weighted by Crippen LogP contribution is -2.23. The summed E-state index contributed by atoms with van der Waals surface area (Å²) in [5.74, 6) is -0.222. The molecule has 3 N–H and O–H groups in total. The summed E-state index contributed by atoms with van der Waals surface area (Å²) >= 11 is 0. The average Bonchev–Trinajstić information content (AvgIpc) is 2.95. The minimum absolute atomic E-state index is 0.188. The minimum atomic E-state index is -0.222. The van der Waals surface area contributed by atoms with E-state index in [4.69, 9.17) is 5.73 Å². The normalized spacial score (nSPS) is 10.8. The van der Waals surface area contributed by atoms with Crippen molar-refractivity contribution in [1.82, 2.24) is 20.3 Å². The summed E-state index contributed by atoms with van der Waals surface area (Å²) in [5, 5.41) is 10.6. The van der Waals surface area contributed by atoms with Crippen LogP contribution in [-0.4, -0.2) is 20.9 Å². The molecule has 6 heteroatoms. The Morgan fingerprint density at radius 1 is 1.30 bits per heavy atom. The molecule has 0 unspecified atom stereocenters. The van der Waals surface area contributed by atoms with Gasteiger partial charge < -0.3 is 11.1 Å². The van der Waals surface area contributed by atoms with Crippen molar-refractivity contribution in [2.75, 3.05) is 0 Å². The van der Waals surface area contributed by atoms with Crippen LogP contribution in [0.5, 0.6) is 0 Å². The van der Waals surface area contributed by atoms with Gasteiger partial charge in [0.15, 0.2) is 5.69 Å². The zero-order valence-electron chi connectivity index (χ0n) is 11.7. The van der Waals surface area contributed by atoms with Crippen LogP contribution in [0.1, 0.15) is 41.5 Å². The Morgan fingerprint density at radius 3 is 2.50 bits per heavy atom. The van der Waals surface area contributed by atoms with E-state index in [1.165, 1.54) is 0 Å². The van der Waals surface area contributed by atoms with Gasteiger partial charge in [0.1, 0.15) is 0 Å². The maximum absolute atomic E-state index is 11.9. The number of hydrogen-bond acceptors (Lipinski definition) is 4. The Bertz CT molecular complexity index is 574. The van der Waals surface area contributed by atoms with Crippen molar-refractivity contribution in [2.45, 2.75) is 33.0 Å². The van der Waals surface area contributed by atoms with Crippen molar-refractivity contribution < 1.29 is 4.79 Å². The fraction of sp³-hybridized carbons (Fsp3) is 0.357. The number of benzene rings is 1. The van der Waals surface area contributed by atoms with Crippen molar-refractivity contribution in [1.29, 1.82) is 0 Å². The topological polar surface area (TPSA) is 85.8 Å². The number of amides is 1. The van der Waals surface area contributed by atoms with Gasteiger partial charge in [-0.2, -0.15) is 0 Å². The zero-order chi connectivity index (χ0) is 14.5. The summed E-state index contributed by atoms with van der Waals surface area (Å²) < 4.78 is 1.66. The molecule has 0 aliphatic carbocycles. The molecule has 1 aromatic heterocycles. The Balaban J connectivity index is 1.93. The van der Waals surface area contributed by atoms with E-state index in [-0.39, 0.29) is 11.9 Å². The summed E-state index contributed by atoms with van der Waals surface area (Å²) in [6.45, 7) is 4.94. The van der Waals surface area contributed by atoms with Gasteiger partial charge in [-0.25, -0.2) is 4.68 Å². The standard InChI is InChI=1S/C14H19N5O/c1-10(2)19-9-13(17-18-19)14(20)16-8-12-5-3-11(7-15)4-6-12/h3-6,9-10H,7-8,15H2,1-2H3,(H,16,20). The monoisotopic (exact) mass is 273 g/mol. The lowest BCUT2D eigenvalue weighted by molar-refractivity contribution is 0.0946. The fourth-order valence-corrected chi connectivity index (χ4v) is 1.70. The van der Waals surface area contributed by atoms with Gasteiger partial charge in [0.25, 0.3) is 5.91 Å². The number of nitrogens with two attached hydrogens (primary N) is 1. The van der Waals surface area contributed by atoms with E-state index in [0.717, 1.165) is 11.1 Å². The maximum Gasteiger partial charge on any atom is 0.273 e. The first kappa shape index (κ1) is 14.2. The van der Waals surface area contributed by atoms with Gasteiger partial charge in [-0.05, 0) is 25.0 Å². The molecule has 0 aliphatic heterocycles. The van der Waals surface area contributed by atoms with Gasteiger partial charge in [0.05, 0.1) is 6.20 Å². The average molecular weight is 273 g/mol. The van der Waals surface area contributed by atoms with E-state index in [2.05, 4.69) is 15.6 Å². The molecule has 2 aromatic rings. The van der Waals surface area contributed by atoms with Crippen LogP contribution in [-0.2, 0) is 13.1 Å². The van der Waals surface area contributed by atoms with Crippen molar-refractivity contribution in [2.24, 2.45) is 5.73 Å². The van der Waals surface area contributed by atoms with Crippen LogP contribution in [0.2, 0.25) is 0 Å². The highest BCUT2D eigenvalue weighted by Gasteiger charge is 2.11. The Morgan fingerprint density at radius 2 is 1.95 bits per heavy atom. The second-order valence-corrected chi connectivity index (χ2v) is 4.88. The smallest absolute Gasteiger partial charge is 0.273 e. The molecule has 0 saturated heterocycles. The lowest BCUT2D eigenvalue weighted by Gasteiger charge is -2.04. The van der Waals surface area contributed by atoms with Crippen LogP contribution in [0.3, 0.4) is 0 Å². The molecule has 0 bridgehead atoms. The molecular weight excluding hydrogens is 254 g/mol. The highest BCUT2D eigenvalue weighted by atomic mass is 16.2. The predicted octanol–water partition coefficient (Wildman–Crippen LogP) is 1.25. The largest absolute Gasteiger partial charge is 0.347 e. The van der Waals surface area contributed by atoms with Gasteiger partial charge in [0, 0.05) is 19.1 Å². The summed E-state index contributed by atoms with van der Waals surface area (Å²) in [6, 6.07) is 8.00. The van der Waals surface area contributed by atoms with E-state index >= 15 is 0 Å². The third-order valence-electron chi connectivity index (χ3n) is 2.98. The van der Waals surface area contributed by atoms with Crippen molar-refractivity contribution >= 4 is 5.91 Å². The van der Waals surface area contributed by atoms with Crippen LogP contribution in [0.4, 0.5) is 0 Å². The molecule has 0 aliphatic rings. The molecule has 2 rings (SSSR count). The van der Waals surface area contributed by atoms with Gasteiger partial charge in [-0.1, -0.05) is 29.5 Å². The van der Waals surface area contributed by atoms with Gasteiger partial charge in [-0.15, -0.1) is 5.10 Å². The second-order valence-electron chi connectivity index (χ2n) is 4.88. The molecule has 1 heterocycles. The summed E-state index contributed by atoms with van der Waals surface area (Å²) in [4.78, 5) is 11.9. The van der Waals surface area contributed by atoms with Crippen molar-refractivity contribution in [3.8, 4) is 0 Å². The van der Waals surface area contributed by atoms with E-state index in [9.17, 15) is 4.79 Å². The molecule has 20 heavy (non-hydrogen) atoms. The number of rotatable bonds is 5. The first-order chi connectivity index (χ1) is 9.60. The predicted molar refractivity (Wildman–Crippen MR) is 75.9 cm³/mol. The molecule has 0 fully saturated rings. The highest BCUT2D eigenvalue weighted by Crippen LogP contribution is 2.05. The van der Waals surface area contributed by atoms with E-state index < -0.39 is 0 Å². The lowest BCUT2D eigenvalue weighted by atomic mass is 10.1. The number of hydrogen-bond donors (Lipinski definition) is 2. The SMILES string of the molecule is CC(C)n1cc(C(=O)NCc2ccc(CN)cc2)nn1. The number of carbonyl (C=O) groups is 1. The van der Waals surface area contributed by atoms with Crippen LogP contribution in [0, 0.1) is 0 Å². The first-order valence-corrected chi connectivity index (χ1v) is 6.58. The third-order valence-corrected chi connectivity index (χ3v) is 2.98.